The molecule has 1 fully saturated rings. The monoisotopic (exact) mass is 171 g/mol. The summed E-state index contributed by atoms with van der Waals surface area (Å²) in [5, 5.41) is 12.3. The first-order valence-corrected chi connectivity index (χ1v) is 5.09. The largest absolute Gasteiger partial charge is 0.392 e. The minimum atomic E-state index is -0.207. The molecule has 0 aliphatic heterocycles. The summed E-state index contributed by atoms with van der Waals surface area (Å²) in [6.07, 6.45) is 3.94. The maximum atomic E-state index is 9.03. The second-order valence-corrected chi connectivity index (χ2v) is 4.18. The van der Waals surface area contributed by atoms with E-state index in [1.807, 2.05) is 6.92 Å². The standard InChI is InChI=1S/C10H21NO/c1-8-4-3-5-10(8)7-11-6-9(2)12/h8-12H,3-7H2,1-2H3. The molecule has 0 aromatic rings. The number of aliphatic hydroxyl groups excluding tert-OH is 1. The number of hydrogen-bond acceptors (Lipinski definition) is 2. The van der Waals surface area contributed by atoms with E-state index in [1.165, 1.54) is 19.3 Å². The molecule has 3 unspecified atom stereocenters. The maximum absolute atomic E-state index is 9.03. The van der Waals surface area contributed by atoms with Crippen LogP contribution in [0.25, 0.3) is 0 Å². The van der Waals surface area contributed by atoms with Gasteiger partial charge in [0.25, 0.3) is 0 Å². The lowest BCUT2D eigenvalue weighted by Crippen LogP contribution is -2.30. The zero-order chi connectivity index (χ0) is 8.97. The Bertz CT molecular complexity index is 125. The van der Waals surface area contributed by atoms with Crippen LogP contribution in [0.4, 0.5) is 0 Å². The molecule has 1 rings (SSSR count). The van der Waals surface area contributed by atoms with Gasteiger partial charge in [0, 0.05) is 6.54 Å². The van der Waals surface area contributed by atoms with Crippen molar-refractivity contribution in [2.45, 2.75) is 39.2 Å². The number of hydrogen-bond donors (Lipinski definition) is 2. The molecule has 0 aromatic heterocycles. The summed E-state index contributed by atoms with van der Waals surface area (Å²) < 4.78 is 0. The van der Waals surface area contributed by atoms with Gasteiger partial charge in [0.1, 0.15) is 0 Å². The molecule has 3 atom stereocenters. The van der Waals surface area contributed by atoms with Crippen LogP contribution >= 0.6 is 0 Å². The molecule has 12 heavy (non-hydrogen) atoms. The first-order chi connectivity index (χ1) is 5.70. The molecular weight excluding hydrogens is 150 g/mol. The van der Waals surface area contributed by atoms with Gasteiger partial charge >= 0.3 is 0 Å². The molecule has 1 aliphatic carbocycles. The lowest BCUT2D eigenvalue weighted by Gasteiger charge is -2.16. The summed E-state index contributed by atoms with van der Waals surface area (Å²) in [5.41, 5.74) is 0. The highest BCUT2D eigenvalue weighted by Crippen LogP contribution is 2.30. The highest BCUT2D eigenvalue weighted by atomic mass is 16.3. The molecular formula is C10H21NO. The Hall–Kier alpha value is -0.0800. The topological polar surface area (TPSA) is 32.3 Å². The van der Waals surface area contributed by atoms with Crippen molar-refractivity contribution in [1.82, 2.24) is 5.32 Å². The van der Waals surface area contributed by atoms with Crippen molar-refractivity contribution in [2.75, 3.05) is 13.1 Å². The van der Waals surface area contributed by atoms with E-state index in [1.54, 1.807) is 0 Å². The molecule has 0 spiro atoms. The molecule has 0 aromatic carbocycles. The summed E-state index contributed by atoms with van der Waals surface area (Å²) in [7, 11) is 0. The average Bonchev–Trinajstić information content (AvgIpc) is 2.36. The van der Waals surface area contributed by atoms with Crippen molar-refractivity contribution in [3.63, 3.8) is 0 Å². The predicted octanol–water partition coefficient (Wildman–Crippen LogP) is 1.39. The second kappa shape index (κ2) is 4.83. The highest BCUT2D eigenvalue weighted by molar-refractivity contribution is 4.76. The summed E-state index contributed by atoms with van der Waals surface area (Å²) in [6, 6.07) is 0. The Labute approximate surface area is 75.4 Å². The van der Waals surface area contributed by atoms with E-state index >= 15 is 0 Å². The summed E-state index contributed by atoms with van der Waals surface area (Å²) >= 11 is 0. The molecule has 1 saturated carbocycles. The fraction of sp³-hybridized carbons (Fsp3) is 1.00. The van der Waals surface area contributed by atoms with Crippen LogP contribution in [0.5, 0.6) is 0 Å². The Morgan fingerprint density at radius 1 is 1.50 bits per heavy atom. The van der Waals surface area contributed by atoms with Gasteiger partial charge in [-0.1, -0.05) is 19.8 Å². The van der Waals surface area contributed by atoms with Crippen molar-refractivity contribution < 1.29 is 5.11 Å². The maximum Gasteiger partial charge on any atom is 0.0636 e. The Morgan fingerprint density at radius 2 is 2.25 bits per heavy atom. The molecule has 2 N–H and O–H groups in total. The third kappa shape index (κ3) is 3.11. The van der Waals surface area contributed by atoms with Crippen LogP contribution in [0.1, 0.15) is 33.1 Å². The van der Waals surface area contributed by atoms with Gasteiger partial charge in [0.2, 0.25) is 0 Å². The zero-order valence-corrected chi connectivity index (χ0v) is 8.21. The Balaban J connectivity index is 2.06. The minimum Gasteiger partial charge on any atom is -0.392 e. The molecule has 2 nitrogen and oxygen atoms in total. The van der Waals surface area contributed by atoms with Gasteiger partial charge in [0.05, 0.1) is 6.10 Å². The van der Waals surface area contributed by atoms with Crippen molar-refractivity contribution >= 4 is 0 Å². The first kappa shape index (κ1) is 10.0. The van der Waals surface area contributed by atoms with E-state index in [2.05, 4.69) is 12.2 Å². The normalized spacial score (nSPS) is 32.2. The van der Waals surface area contributed by atoms with E-state index in [-0.39, 0.29) is 6.10 Å². The predicted molar refractivity (Wildman–Crippen MR) is 51.1 cm³/mol. The summed E-state index contributed by atoms with van der Waals surface area (Å²) in [4.78, 5) is 0. The van der Waals surface area contributed by atoms with E-state index < -0.39 is 0 Å². The molecule has 0 saturated heterocycles. The van der Waals surface area contributed by atoms with Crippen molar-refractivity contribution in [3.05, 3.63) is 0 Å². The summed E-state index contributed by atoms with van der Waals surface area (Å²) in [5.74, 6) is 1.73. The third-order valence-corrected chi connectivity index (χ3v) is 2.89. The van der Waals surface area contributed by atoms with Crippen molar-refractivity contribution in [3.8, 4) is 0 Å². The number of nitrogens with one attached hydrogen (secondary N) is 1. The van der Waals surface area contributed by atoms with E-state index in [0.29, 0.717) is 0 Å². The van der Waals surface area contributed by atoms with Crippen LogP contribution in [-0.2, 0) is 0 Å². The average molecular weight is 171 g/mol. The fourth-order valence-corrected chi connectivity index (χ4v) is 2.00. The fourth-order valence-electron chi connectivity index (χ4n) is 2.00. The van der Waals surface area contributed by atoms with Crippen LogP contribution in [-0.4, -0.2) is 24.3 Å². The van der Waals surface area contributed by atoms with Crippen LogP contribution in [0, 0.1) is 11.8 Å². The molecule has 0 heterocycles. The van der Waals surface area contributed by atoms with Crippen molar-refractivity contribution in [2.24, 2.45) is 11.8 Å². The van der Waals surface area contributed by atoms with Gasteiger partial charge in [-0.25, -0.2) is 0 Å². The lowest BCUT2D eigenvalue weighted by molar-refractivity contribution is 0.187. The third-order valence-electron chi connectivity index (χ3n) is 2.89. The lowest BCUT2D eigenvalue weighted by atomic mass is 9.98. The highest BCUT2D eigenvalue weighted by Gasteiger charge is 2.22. The Morgan fingerprint density at radius 3 is 2.75 bits per heavy atom. The van der Waals surface area contributed by atoms with Gasteiger partial charge in [-0.3, -0.25) is 0 Å². The molecule has 1 aliphatic rings. The molecule has 0 radical (unpaired) electrons. The molecule has 2 heteroatoms. The van der Waals surface area contributed by atoms with E-state index in [0.717, 1.165) is 24.9 Å². The SMILES string of the molecule is CC(O)CNCC1CCCC1C. The Kier molecular flexibility index (Phi) is 4.02. The van der Waals surface area contributed by atoms with E-state index in [9.17, 15) is 0 Å². The smallest absolute Gasteiger partial charge is 0.0636 e. The van der Waals surface area contributed by atoms with Gasteiger partial charge in [-0.05, 0) is 31.7 Å². The van der Waals surface area contributed by atoms with Crippen LogP contribution < -0.4 is 5.32 Å². The van der Waals surface area contributed by atoms with Gasteiger partial charge in [0.15, 0.2) is 0 Å². The van der Waals surface area contributed by atoms with E-state index in [4.69, 9.17) is 5.11 Å². The quantitative estimate of drug-likeness (QED) is 0.670. The first-order valence-electron chi connectivity index (χ1n) is 5.09. The van der Waals surface area contributed by atoms with Crippen LogP contribution in [0.15, 0.2) is 0 Å². The van der Waals surface area contributed by atoms with Gasteiger partial charge in [-0.15, -0.1) is 0 Å². The molecule has 0 amide bonds. The summed E-state index contributed by atoms with van der Waals surface area (Å²) in [6.45, 7) is 5.99. The van der Waals surface area contributed by atoms with Crippen molar-refractivity contribution in [1.29, 1.82) is 0 Å². The second-order valence-electron chi connectivity index (χ2n) is 4.18. The van der Waals surface area contributed by atoms with Crippen LogP contribution in [0.2, 0.25) is 0 Å². The van der Waals surface area contributed by atoms with Gasteiger partial charge < -0.3 is 10.4 Å². The minimum absolute atomic E-state index is 0.207. The number of aliphatic hydroxyl groups is 1. The van der Waals surface area contributed by atoms with Crippen LogP contribution in [0.3, 0.4) is 0 Å². The zero-order valence-electron chi connectivity index (χ0n) is 8.21. The molecule has 72 valence electrons. The molecule has 0 bridgehead atoms. The number of rotatable bonds is 4. The van der Waals surface area contributed by atoms with Gasteiger partial charge in [-0.2, -0.15) is 0 Å².